The molecular weight excluding hydrogens is 391 g/mol. The van der Waals surface area contributed by atoms with Crippen molar-refractivity contribution in [2.24, 2.45) is 7.05 Å². The number of halogens is 1. The van der Waals surface area contributed by atoms with Crippen molar-refractivity contribution in [1.82, 2.24) is 14.8 Å². The number of hydrogen-bond donors (Lipinski definition) is 1. The van der Waals surface area contributed by atoms with Crippen molar-refractivity contribution < 1.29 is 9.18 Å². The summed E-state index contributed by atoms with van der Waals surface area (Å²) in [5, 5.41) is 7.67. The Morgan fingerprint density at radius 1 is 0.968 bits per heavy atom. The first-order chi connectivity index (χ1) is 14.9. The quantitative estimate of drug-likeness (QED) is 0.495. The molecule has 0 saturated heterocycles. The number of benzene rings is 2. The van der Waals surface area contributed by atoms with Crippen LogP contribution in [0.15, 0.2) is 67.0 Å². The summed E-state index contributed by atoms with van der Waals surface area (Å²) >= 11 is 0. The van der Waals surface area contributed by atoms with Crippen LogP contribution in [-0.4, -0.2) is 20.7 Å². The van der Waals surface area contributed by atoms with E-state index in [2.05, 4.69) is 21.5 Å². The molecule has 156 valence electrons. The topological polar surface area (TPSA) is 59.8 Å². The minimum absolute atomic E-state index is 0.131. The highest BCUT2D eigenvalue weighted by molar-refractivity contribution is 5.99. The van der Waals surface area contributed by atoms with Gasteiger partial charge in [0.2, 0.25) is 5.91 Å². The largest absolute Gasteiger partial charge is 0.310 e. The molecule has 4 rings (SSSR count). The Hall–Kier alpha value is -3.80. The number of hydrogen-bond acceptors (Lipinski definition) is 3. The monoisotopic (exact) mass is 414 g/mol. The second-order valence-corrected chi connectivity index (χ2v) is 7.66. The van der Waals surface area contributed by atoms with E-state index in [1.165, 1.54) is 12.1 Å². The SMILES string of the molecule is Cc1cc(C)cc(CC(=O)Nc2c(-c3ccncc3)c(-c3ccc(F)cc3)nn2C)c1. The van der Waals surface area contributed by atoms with Crippen molar-refractivity contribution in [2.75, 3.05) is 5.32 Å². The Labute approximate surface area is 180 Å². The van der Waals surface area contributed by atoms with Gasteiger partial charge in [0.25, 0.3) is 0 Å². The molecule has 0 atom stereocenters. The van der Waals surface area contributed by atoms with Crippen LogP contribution in [0.1, 0.15) is 16.7 Å². The fraction of sp³-hybridized carbons (Fsp3) is 0.160. The third-order valence-electron chi connectivity index (χ3n) is 5.04. The van der Waals surface area contributed by atoms with Crippen LogP contribution >= 0.6 is 0 Å². The minimum Gasteiger partial charge on any atom is -0.310 e. The summed E-state index contributed by atoms with van der Waals surface area (Å²) < 4.78 is 15.1. The average molecular weight is 414 g/mol. The lowest BCUT2D eigenvalue weighted by Gasteiger charge is -2.10. The van der Waals surface area contributed by atoms with E-state index in [0.717, 1.165) is 33.4 Å². The lowest BCUT2D eigenvalue weighted by molar-refractivity contribution is -0.115. The molecule has 0 spiro atoms. The maximum Gasteiger partial charge on any atom is 0.229 e. The first-order valence-electron chi connectivity index (χ1n) is 10.0. The van der Waals surface area contributed by atoms with Gasteiger partial charge >= 0.3 is 0 Å². The molecule has 0 radical (unpaired) electrons. The number of aromatic nitrogens is 3. The Morgan fingerprint density at radius 3 is 2.26 bits per heavy atom. The maximum atomic E-state index is 13.5. The molecule has 0 aliphatic rings. The first kappa shape index (κ1) is 20.5. The van der Waals surface area contributed by atoms with Crippen LogP contribution in [0.5, 0.6) is 0 Å². The van der Waals surface area contributed by atoms with E-state index in [9.17, 15) is 9.18 Å². The normalized spacial score (nSPS) is 10.8. The van der Waals surface area contributed by atoms with Crippen LogP contribution in [0.4, 0.5) is 10.2 Å². The fourth-order valence-corrected chi connectivity index (χ4v) is 3.80. The molecule has 0 bridgehead atoms. The summed E-state index contributed by atoms with van der Waals surface area (Å²) in [5.41, 5.74) is 6.27. The van der Waals surface area contributed by atoms with Crippen LogP contribution in [0, 0.1) is 19.7 Å². The highest BCUT2D eigenvalue weighted by atomic mass is 19.1. The molecule has 0 aliphatic carbocycles. The van der Waals surface area contributed by atoms with E-state index in [1.807, 2.05) is 38.1 Å². The van der Waals surface area contributed by atoms with Gasteiger partial charge in [0, 0.05) is 25.0 Å². The van der Waals surface area contributed by atoms with Gasteiger partial charge in [-0.2, -0.15) is 5.10 Å². The molecule has 0 unspecified atom stereocenters. The van der Waals surface area contributed by atoms with E-state index < -0.39 is 0 Å². The van der Waals surface area contributed by atoms with E-state index in [-0.39, 0.29) is 18.1 Å². The number of aryl methyl sites for hydroxylation is 3. The Balaban J connectivity index is 1.73. The zero-order chi connectivity index (χ0) is 22.0. The molecule has 4 aromatic rings. The highest BCUT2D eigenvalue weighted by Gasteiger charge is 2.21. The molecule has 1 amide bonds. The molecule has 2 aromatic heterocycles. The van der Waals surface area contributed by atoms with Crippen molar-refractivity contribution in [3.05, 3.63) is 89.5 Å². The van der Waals surface area contributed by atoms with Gasteiger partial charge in [0.1, 0.15) is 17.3 Å². The van der Waals surface area contributed by atoms with Gasteiger partial charge in [-0.1, -0.05) is 29.3 Å². The lowest BCUT2D eigenvalue weighted by Crippen LogP contribution is -2.17. The molecule has 0 saturated carbocycles. The molecule has 2 heterocycles. The van der Waals surface area contributed by atoms with Crippen molar-refractivity contribution >= 4 is 11.7 Å². The van der Waals surface area contributed by atoms with Crippen LogP contribution in [0.2, 0.25) is 0 Å². The number of nitrogens with one attached hydrogen (secondary N) is 1. The zero-order valence-corrected chi connectivity index (χ0v) is 17.7. The van der Waals surface area contributed by atoms with Crippen molar-refractivity contribution in [1.29, 1.82) is 0 Å². The van der Waals surface area contributed by atoms with Gasteiger partial charge in [-0.25, -0.2) is 4.39 Å². The number of amides is 1. The van der Waals surface area contributed by atoms with Gasteiger partial charge in [-0.05, 0) is 61.4 Å². The average Bonchev–Trinajstić information content (AvgIpc) is 3.04. The maximum absolute atomic E-state index is 13.5. The van der Waals surface area contributed by atoms with Crippen molar-refractivity contribution in [2.45, 2.75) is 20.3 Å². The summed E-state index contributed by atoms with van der Waals surface area (Å²) in [6.07, 6.45) is 3.64. The Morgan fingerprint density at radius 2 is 1.61 bits per heavy atom. The molecule has 0 aliphatic heterocycles. The molecule has 2 aromatic carbocycles. The summed E-state index contributed by atoms with van der Waals surface area (Å²) in [4.78, 5) is 17.0. The molecule has 31 heavy (non-hydrogen) atoms. The number of rotatable bonds is 5. The van der Waals surface area contributed by atoms with Gasteiger partial charge < -0.3 is 5.32 Å². The van der Waals surface area contributed by atoms with Crippen molar-refractivity contribution in [3.63, 3.8) is 0 Å². The van der Waals surface area contributed by atoms with E-state index in [4.69, 9.17) is 0 Å². The fourth-order valence-electron chi connectivity index (χ4n) is 3.80. The summed E-state index contributed by atoms with van der Waals surface area (Å²) in [6.45, 7) is 4.04. The molecule has 1 N–H and O–H groups in total. The van der Waals surface area contributed by atoms with E-state index in [1.54, 1.807) is 36.3 Å². The Kier molecular flexibility index (Phi) is 5.62. The standard InChI is InChI=1S/C25H23FN4O/c1-16-12-17(2)14-18(13-16)15-22(31)28-25-23(19-8-10-27-11-9-19)24(29-30(25)3)20-4-6-21(26)7-5-20/h4-14H,15H2,1-3H3,(H,28,31). The molecular formula is C25H23FN4O. The summed E-state index contributed by atoms with van der Waals surface area (Å²) in [5.74, 6) is 0.140. The predicted octanol–water partition coefficient (Wildman–Crippen LogP) is 5.09. The number of anilines is 1. The van der Waals surface area contributed by atoms with Crippen LogP contribution < -0.4 is 5.32 Å². The molecule has 6 heteroatoms. The van der Waals surface area contributed by atoms with Gasteiger partial charge in [0.15, 0.2) is 0 Å². The van der Waals surface area contributed by atoms with Crippen LogP contribution in [-0.2, 0) is 18.3 Å². The van der Waals surface area contributed by atoms with Gasteiger partial charge in [0.05, 0.1) is 12.0 Å². The second kappa shape index (κ2) is 8.52. The second-order valence-electron chi connectivity index (χ2n) is 7.66. The number of pyridine rings is 1. The zero-order valence-electron chi connectivity index (χ0n) is 17.7. The van der Waals surface area contributed by atoms with E-state index in [0.29, 0.717) is 11.5 Å². The van der Waals surface area contributed by atoms with E-state index >= 15 is 0 Å². The predicted molar refractivity (Wildman–Crippen MR) is 120 cm³/mol. The Bertz CT molecular complexity index is 1210. The molecule has 0 fully saturated rings. The molecule has 5 nitrogen and oxygen atoms in total. The van der Waals surface area contributed by atoms with Crippen molar-refractivity contribution in [3.8, 4) is 22.4 Å². The third kappa shape index (κ3) is 4.53. The highest BCUT2D eigenvalue weighted by Crippen LogP contribution is 2.37. The number of nitrogens with zero attached hydrogens (tertiary/aromatic N) is 3. The summed E-state index contributed by atoms with van der Waals surface area (Å²) in [6, 6.07) is 16.0. The summed E-state index contributed by atoms with van der Waals surface area (Å²) in [7, 11) is 1.78. The number of carbonyl (C=O) groups is 1. The van der Waals surface area contributed by atoms with Crippen LogP contribution in [0.25, 0.3) is 22.4 Å². The minimum atomic E-state index is -0.313. The number of carbonyl (C=O) groups excluding carboxylic acids is 1. The van der Waals surface area contributed by atoms with Gasteiger partial charge in [-0.3, -0.25) is 14.5 Å². The van der Waals surface area contributed by atoms with Crippen LogP contribution in [0.3, 0.4) is 0 Å². The third-order valence-corrected chi connectivity index (χ3v) is 5.04. The lowest BCUT2D eigenvalue weighted by atomic mass is 10.0. The first-order valence-corrected chi connectivity index (χ1v) is 10.0. The van der Waals surface area contributed by atoms with Gasteiger partial charge in [-0.15, -0.1) is 0 Å². The smallest absolute Gasteiger partial charge is 0.229 e.